The summed E-state index contributed by atoms with van der Waals surface area (Å²) >= 11 is 3.43. The normalized spacial score (nSPS) is 10.3. The fourth-order valence-electron chi connectivity index (χ4n) is 3.12. The Kier molecular flexibility index (Phi) is 6.61. The summed E-state index contributed by atoms with van der Waals surface area (Å²) in [7, 11) is 0. The molecule has 0 spiro atoms. The summed E-state index contributed by atoms with van der Waals surface area (Å²) in [6.07, 6.45) is 0. The highest BCUT2D eigenvalue weighted by molar-refractivity contribution is 9.10. The average molecular weight is 471 g/mol. The lowest BCUT2D eigenvalue weighted by Gasteiger charge is -2.14. The molecule has 0 fully saturated rings. The Balaban J connectivity index is 1.65. The topological polar surface area (TPSA) is 55.1 Å². The third-order valence-corrected chi connectivity index (χ3v) is 5.17. The highest BCUT2D eigenvalue weighted by atomic mass is 79.9. The number of hydrogen-bond acceptors (Lipinski definition) is 4. The van der Waals surface area contributed by atoms with E-state index in [2.05, 4.69) is 27.0 Å². The zero-order valence-electron chi connectivity index (χ0n) is 16.7. The van der Waals surface area contributed by atoms with Crippen molar-refractivity contribution >= 4 is 15.9 Å². The van der Waals surface area contributed by atoms with E-state index in [9.17, 15) is 5.26 Å². The smallest absolute Gasteiger partial charge is 0.225 e. The van der Waals surface area contributed by atoms with E-state index in [1.165, 1.54) is 0 Å². The van der Waals surface area contributed by atoms with Gasteiger partial charge in [-0.05, 0) is 29.3 Å². The molecular weight excluding hydrogens is 452 g/mol. The summed E-state index contributed by atoms with van der Waals surface area (Å²) in [4.78, 5) is 4.61. The van der Waals surface area contributed by atoms with Gasteiger partial charge in [0, 0.05) is 21.7 Å². The molecule has 4 aromatic rings. The van der Waals surface area contributed by atoms with Crippen LogP contribution in [0, 0.1) is 11.3 Å². The maximum Gasteiger partial charge on any atom is 0.225 e. The summed E-state index contributed by atoms with van der Waals surface area (Å²) in [5.74, 6) is 0.888. The van der Waals surface area contributed by atoms with Crippen LogP contribution in [0.5, 0.6) is 11.8 Å². The Bertz CT molecular complexity index is 1210. The van der Waals surface area contributed by atoms with Gasteiger partial charge in [-0.1, -0.05) is 82.7 Å². The third-order valence-electron chi connectivity index (χ3n) is 4.67. The first-order valence-electron chi connectivity index (χ1n) is 9.77. The molecule has 3 aromatic carbocycles. The molecule has 152 valence electrons. The van der Waals surface area contributed by atoms with Gasteiger partial charge in [-0.2, -0.15) is 10.2 Å². The molecule has 4 rings (SSSR count). The Morgan fingerprint density at radius 3 is 2.00 bits per heavy atom. The van der Waals surface area contributed by atoms with Crippen molar-refractivity contribution in [3.63, 3.8) is 0 Å². The number of pyridine rings is 1. The van der Waals surface area contributed by atoms with Gasteiger partial charge in [0.1, 0.15) is 13.2 Å². The standard InChI is InChI=1S/C26H19BrN2O2/c27-22-11-12-23(21(15-22)16-28)24-13-14-25(30-17-19-7-3-1-4-8-19)29-26(24)31-18-20-9-5-2-6-10-20/h1-15H,17-18H2. The number of ether oxygens (including phenoxy) is 2. The van der Waals surface area contributed by atoms with Crippen molar-refractivity contribution in [2.45, 2.75) is 13.2 Å². The highest BCUT2D eigenvalue weighted by Crippen LogP contribution is 2.34. The lowest BCUT2D eigenvalue weighted by Crippen LogP contribution is -2.03. The van der Waals surface area contributed by atoms with E-state index in [-0.39, 0.29) is 0 Å². The predicted molar refractivity (Wildman–Crippen MR) is 124 cm³/mol. The zero-order chi connectivity index (χ0) is 21.5. The van der Waals surface area contributed by atoms with Crippen molar-refractivity contribution in [2.75, 3.05) is 0 Å². The van der Waals surface area contributed by atoms with Crippen molar-refractivity contribution in [1.29, 1.82) is 5.26 Å². The second-order valence-electron chi connectivity index (χ2n) is 6.85. The van der Waals surface area contributed by atoms with E-state index in [0.29, 0.717) is 30.5 Å². The lowest BCUT2D eigenvalue weighted by atomic mass is 10.0. The highest BCUT2D eigenvalue weighted by Gasteiger charge is 2.15. The van der Waals surface area contributed by atoms with E-state index in [0.717, 1.165) is 26.7 Å². The molecule has 1 aromatic heterocycles. The van der Waals surface area contributed by atoms with Gasteiger partial charge in [0.2, 0.25) is 11.8 Å². The van der Waals surface area contributed by atoms with E-state index in [1.54, 1.807) is 12.1 Å². The van der Waals surface area contributed by atoms with Crippen LogP contribution in [0.3, 0.4) is 0 Å². The number of hydrogen-bond donors (Lipinski definition) is 0. The lowest BCUT2D eigenvalue weighted by molar-refractivity contribution is 0.268. The Labute approximate surface area is 189 Å². The van der Waals surface area contributed by atoms with Crippen LogP contribution in [0.1, 0.15) is 16.7 Å². The molecule has 0 saturated heterocycles. The van der Waals surface area contributed by atoms with Gasteiger partial charge in [-0.25, -0.2) is 0 Å². The van der Waals surface area contributed by atoms with E-state index in [4.69, 9.17) is 9.47 Å². The Morgan fingerprint density at radius 2 is 1.35 bits per heavy atom. The van der Waals surface area contributed by atoms with Crippen LogP contribution >= 0.6 is 15.9 Å². The molecule has 0 N–H and O–H groups in total. The molecular formula is C26H19BrN2O2. The molecule has 5 heteroatoms. The van der Waals surface area contributed by atoms with Crippen LogP contribution in [0.25, 0.3) is 11.1 Å². The largest absolute Gasteiger partial charge is 0.473 e. The van der Waals surface area contributed by atoms with Crippen LogP contribution in [-0.4, -0.2) is 4.98 Å². The molecule has 0 unspecified atom stereocenters. The number of nitrogens with zero attached hydrogens (tertiary/aromatic N) is 2. The van der Waals surface area contributed by atoms with Crippen LogP contribution in [0.4, 0.5) is 0 Å². The molecule has 4 nitrogen and oxygen atoms in total. The summed E-state index contributed by atoms with van der Waals surface area (Å²) in [5.41, 5.74) is 4.13. The van der Waals surface area contributed by atoms with Gasteiger partial charge in [-0.15, -0.1) is 0 Å². The molecule has 0 aliphatic rings. The first-order chi connectivity index (χ1) is 15.2. The van der Waals surface area contributed by atoms with Crippen molar-refractivity contribution in [3.05, 3.63) is 112 Å². The molecule has 0 aliphatic heterocycles. The minimum atomic E-state index is 0.362. The van der Waals surface area contributed by atoms with Gasteiger partial charge >= 0.3 is 0 Å². The number of aromatic nitrogens is 1. The summed E-state index contributed by atoms with van der Waals surface area (Å²) in [6.45, 7) is 0.772. The average Bonchev–Trinajstić information content (AvgIpc) is 2.83. The molecule has 31 heavy (non-hydrogen) atoms. The minimum Gasteiger partial charge on any atom is -0.473 e. The molecule has 0 saturated carbocycles. The Morgan fingerprint density at radius 1 is 0.742 bits per heavy atom. The predicted octanol–water partition coefficient (Wildman–Crippen LogP) is 6.54. The van der Waals surface area contributed by atoms with E-state index >= 15 is 0 Å². The zero-order valence-corrected chi connectivity index (χ0v) is 18.2. The van der Waals surface area contributed by atoms with Crippen molar-refractivity contribution in [1.82, 2.24) is 4.98 Å². The third kappa shape index (κ3) is 5.30. The fourth-order valence-corrected chi connectivity index (χ4v) is 3.48. The molecule has 0 radical (unpaired) electrons. The van der Waals surface area contributed by atoms with Gasteiger partial charge < -0.3 is 9.47 Å². The van der Waals surface area contributed by atoms with Crippen LogP contribution in [-0.2, 0) is 13.2 Å². The van der Waals surface area contributed by atoms with Gasteiger partial charge in [0.25, 0.3) is 0 Å². The number of rotatable bonds is 7. The number of benzene rings is 3. The fraction of sp³-hybridized carbons (Fsp3) is 0.0769. The second kappa shape index (κ2) is 9.92. The minimum absolute atomic E-state index is 0.362. The summed E-state index contributed by atoms with van der Waals surface area (Å²) < 4.78 is 12.8. The molecule has 1 heterocycles. The van der Waals surface area contributed by atoms with Crippen molar-refractivity contribution in [2.24, 2.45) is 0 Å². The van der Waals surface area contributed by atoms with E-state index in [1.807, 2.05) is 78.9 Å². The molecule has 0 aliphatic carbocycles. The quantitative estimate of drug-likeness (QED) is 0.307. The van der Waals surface area contributed by atoms with Gasteiger partial charge in [0.05, 0.1) is 11.6 Å². The molecule has 0 bridgehead atoms. The van der Waals surface area contributed by atoms with Crippen molar-refractivity contribution < 1.29 is 9.47 Å². The number of nitriles is 1. The van der Waals surface area contributed by atoms with Crippen LogP contribution < -0.4 is 9.47 Å². The SMILES string of the molecule is N#Cc1cc(Br)ccc1-c1ccc(OCc2ccccc2)nc1OCc1ccccc1. The number of halogens is 1. The monoisotopic (exact) mass is 470 g/mol. The van der Waals surface area contributed by atoms with Crippen LogP contribution in [0.15, 0.2) is 95.5 Å². The van der Waals surface area contributed by atoms with E-state index < -0.39 is 0 Å². The van der Waals surface area contributed by atoms with Gasteiger partial charge in [0.15, 0.2) is 0 Å². The maximum absolute atomic E-state index is 9.61. The van der Waals surface area contributed by atoms with Gasteiger partial charge in [-0.3, -0.25) is 0 Å². The first-order valence-corrected chi connectivity index (χ1v) is 10.6. The summed E-state index contributed by atoms with van der Waals surface area (Å²) in [5, 5.41) is 9.61. The second-order valence-corrected chi connectivity index (χ2v) is 7.77. The summed E-state index contributed by atoms with van der Waals surface area (Å²) in [6, 6.07) is 31.3. The maximum atomic E-state index is 9.61. The molecule has 0 atom stereocenters. The Hall–Kier alpha value is -3.62. The van der Waals surface area contributed by atoms with Crippen molar-refractivity contribution in [3.8, 4) is 29.0 Å². The first kappa shape index (κ1) is 20.6. The van der Waals surface area contributed by atoms with Crippen LogP contribution in [0.2, 0.25) is 0 Å². The molecule has 0 amide bonds.